The van der Waals surface area contributed by atoms with Crippen LogP contribution in [-0.4, -0.2) is 155 Å². The van der Waals surface area contributed by atoms with Crippen molar-refractivity contribution in [1.29, 1.82) is 0 Å². The number of benzene rings is 4. The molecule has 4 aromatic rings. The van der Waals surface area contributed by atoms with Gasteiger partial charge in [0, 0.05) is 84.8 Å². The van der Waals surface area contributed by atoms with E-state index in [1.165, 1.54) is 43.5 Å². The molecule has 2 atom stereocenters. The Bertz CT molecular complexity index is 4140. The molecule has 0 aromatic heterocycles. The molecule has 3 heterocycles. The normalized spacial score (nSPS) is 20.9. The summed E-state index contributed by atoms with van der Waals surface area (Å²) < 4.78 is 190. The van der Waals surface area contributed by atoms with Gasteiger partial charge in [-0.05, 0) is 105 Å². The Morgan fingerprint density at radius 3 is 1.78 bits per heavy atom. The van der Waals surface area contributed by atoms with E-state index in [1.54, 1.807) is 30.2 Å². The number of amides is 2. The molecule has 4 aromatic carbocycles. The summed E-state index contributed by atoms with van der Waals surface area (Å²) in [7, 11) is -24.0. The fourth-order valence-electron chi connectivity index (χ4n) is 11.0. The average Bonchev–Trinajstić information content (AvgIpc) is 2.95. The molecule has 1 saturated heterocycles. The maximum atomic E-state index is 14.8. The van der Waals surface area contributed by atoms with E-state index in [0.29, 0.717) is 17.2 Å². The molecular weight excluding hydrogens is 1170 g/mol. The summed E-state index contributed by atoms with van der Waals surface area (Å²) in [5.74, 6) is -4.72. The van der Waals surface area contributed by atoms with Crippen LogP contribution in [0.25, 0.3) is 21.5 Å². The Morgan fingerprint density at radius 1 is 0.691 bits per heavy atom. The minimum absolute atomic E-state index is 0.0612. The molecule has 31 heteroatoms. The maximum absolute atomic E-state index is 14.8. The highest BCUT2D eigenvalue weighted by Crippen LogP contribution is 2.55. The Morgan fingerprint density at radius 2 is 1.26 bits per heavy atom. The van der Waals surface area contributed by atoms with Gasteiger partial charge in [-0.1, -0.05) is 6.07 Å². The molecule has 3 aliphatic heterocycles. The number of carbonyl (C=O) groups excluding carboxylic acids is 4. The average molecular weight is 1230 g/mol. The zero-order valence-corrected chi connectivity index (χ0v) is 47.6. The monoisotopic (exact) mass is 1220 g/mol. The van der Waals surface area contributed by atoms with E-state index in [0.717, 1.165) is 12.1 Å². The van der Waals surface area contributed by atoms with Crippen LogP contribution in [0.4, 0.5) is 11.4 Å². The van der Waals surface area contributed by atoms with Crippen molar-refractivity contribution in [2.45, 2.75) is 96.1 Å². The first-order chi connectivity index (χ1) is 37.6. The highest BCUT2D eigenvalue weighted by atomic mass is 32.2. The van der Waals surface area contributed by atoms with Crippen LogP contribution in [-0.2, 0) is 94.9 Å². The van der Waals surface area contributed by atoms with Crippen molar-refractivity contribution in [2.75, 3.05) is 50.7 Å². The van der Waals surface area contributed by atoms with E-state index in [9.17, 15) is 89.1 Å². The van der Waals surface area contributed by atoms with Gasteiger partial charge in [-0.15, -0.1) is 5.06 Å². The van der Waals surface area contributed by atoms with E-state index in [4.69, 9.17) is 14.3 Å². The van der Waals surface area contributed by atoms with Crippen LogP contribution in [0, 0.1) is 0 Å². The van der Waals surface area contributed by atoms with E-state index < -0.39 is 123 Å². The van der Waals surface area contributed by atoms with Gasteiger partial charge in [0.05, 0.1) is 45.3 Å². The molecule has 4 aliphatic rings. The van der Waals surface area contributed by atoms with Crippen LogP contribution in [0.1, 0.15) is 76.8 Å². The van der Waals surface area contributed by atoms with Crippen molar-refractivity contribution in [1.82, 2.24) is 5.06 Å². The minimum Gasteiger partial charge on any atom is -0.506 e. The first kappa shape index (κ1) is 60.7. The Balaban J connectivity index is 1.33. The van der Waals surface area contributed by atoms with E-state index in [1.807, 2.05) is 0 Å². The number of rotatable bonds is 22. The number of hydroxylamine groups is 2. The molecule has 0 bridgehead atoms. The predicted molar refractivity (Wildman–Crippen MR) is 285 cm³/mol. The summed E-state index contributed by atoms with van der Waals surface area (Å²) in [5, 5.41) is 11.8. The summed E-state index contributed by atoms with van der Waals surface area (Å²) >= 11 is 0. The van der Waals surface area contributed by atoms with Crippen LogP contribution in [0.2, 0.25) is 0 Å². The van der Waals surface area contributed by atoms with Gasteiger partial charge in [0.2, 0.25) is 11.5 Å². The number of carbonyl (C=O) groups is 4. The number of Topliss-reactive ketones (excluding diaryl/α,β-unsaturated/α-hetero) is 1. The first-order valence-corrected chi connectivity index (χ1v) is 32.0. The van der Waals surface area contributed by atoms with Crippen LogP contribution in [0.5, 0.6) is 0 Å². The highest BCUT2D eigenvalue weighted by molar-refractivity contribution is 7.87. The zero-order valence-electron chi connectivity index (χ0n) is 43.5. The van der Waals surface area contributed by atoms with Gasteiger partial charge in [0.15, 0.2) is 5.71 Å². The molecule has 0 spiro atoms. The number of allylic oxidation sites excluding steroid dienone is 5. The lowest BCUT2D eigenvalue weighted by Crippen LogP contribution is -2.35. The van der Waals surface area contributed by atoms with E-state index >= 15 is 0 Å². The largest absolute Gasteiger partial charge is 0.506 e. The van der Waals surface area contributed by atoms with Gasteiger partial charge in [0.1, 0.15) is 22.1 Å². The number of methoxy groups -OCH3 is 1. The summed E-state index contributed by atoms with van der Waals surface area (Å²) in [6.07, 6.45) is 1.09. The number of hydrogen-bond acceptors (Lipinski definition) is 19. The van der Waals surface area contributed by atoms with Crippen molar-refractivity contribution >= 4 is 113 Å². The number of aliphatic hydroxyl groups excluding tert-OH is 1. The molecule has 81 heavy (non-hydrogen) atoms. The van der Waals surface area contributed by atoms with Crippen LogP contribution < -0.4 is 4.90 Å². The summed E-state index contributed by atoms with van der Waals surface area (Å²) in [6, 6.07) is 8.42. The SMILES string of the molecule is CC[N+]1=C(/C=C2\C(=O)C(/C=C3/N(CCCC(=O)ON4C(=O)CCC4=O)c4ccc5c(S(=O)(=O)O)cc(S(=O)(=O)O)cc5c4C3(C)CCOCCOC)=C2O)C(C)(CCCS(=O)(=O)O)c2c1ccc1c(S(=O)(=O)O)cc(S(=O)(=O)O)cc21. The number of nitrogens with zero attached hydrogens (tertiary/aromatic N) is 3. The lowest BCUT2D eigenvalue weighted by atomic mass is 9.72. The van der Waals surface area contributed by atoms with Gasteiger partial charge < -0.3 is 24.3 Å². The second-order valence-corrected chi connectivity index (χ2v) is 27.1. The van der Waals surface area contributed by atoms with Crippen LogP contribution in [0.3, 0.4) is 0 Å². The summed E-state index contributed by atoms with van der Waals surface area (Å²) in [5.41, 5.74) is -2.66. The number of imide groups is 1. The quantitative estimate of drug-likeness (QED) is 0.0208. The van der Waals surface area contributed by atoms with E-state index in [-0.39, 0.29) is 138 Å². The number of anilines is 1. The number of ether oxygens (including phenoxy) is 2. The fraction of sp³-hybridized carbons (Fsp3) is 0.380. The Hall–Kier alpha value is -6.36. The zero-order chi connectivity index (χ0) is 59.7. The molecule has 26 nitrogen and oxygen atoms in total. The highest BCUT2D eigenvalue weighted by Gasteiger charge is 2.52. The molecule has 2 amide bonds. The number of aliphatic hydroxyl groups is 1. The van der Waals surface area contributed by atoms with Crippen molar-refractivity contribution in [3.63, 3.8) is 0 Å². The van der Waals surface area contributed by atoms with Crippen molar-refractivity contribution in [2.24, 2.45) is 0 Å². The Kier molecular flexibility index (Phi) is 16.3. The van der Waals surface area contributed by atoms with Gasteiger partial charge >= 0.3 is 5.97 Å². The molecule has 0 radical (unpaired) electrons. The molecule has 8 rings (SSSR count). The van der Waals surface area contributed by atoms with Crippen molar-refractivity contribution < 1.29 is 108 Å². The second-order valence-electron chi connectivity index (χ2n) is 19.9. The second kappa shape index (κ2) is 21.8. The van der Waals surface area contributed by atoms with Gasteiger partial charge in [-0.25, -0.2) is 4.79 Å². The van der Waals surface area contributed by atoms with E-state index in [2.05, 4.69) is 0 Å². The summed E-state index contributed by atoms with van der Waals surface area (Å²) in [6.45, 7) is 4.82. The number of ketones is 1. The molecule has 1 fully saturated rings. The van der Waals surface area contributed by atoms with Gasteiger partial charge in [0.25, 0.3) is 62.4 Å². The molecule has 436 valence electrons. The molecule has 6 N–H and O–H groups in total. The number of fused-ring (bicyclic) bond motifs is 6. The predicted octanol–water partition coefficient (Wildman–Crippen LogP) is 4.45. The maximum Gasteiger partial charge on any atom is 0.333 e. The standard InChI is InChI=1S/C50H53N3O23S5/c1-5-51-36-11-9-30-32(22-28(78(62,63)64)24-38(30)80(68,69)70)45(36)49(2,15-7-21-77(59,60)61)40(51)26-34-47(57)35(48(34)58)27-41-50(3,16-18-75-20-19-74-4)46-33-23-29(79(65,66)67)25-39(81(71,72)73)31(33)10-12-37(46)52(41)17-6-8-44(56)76-53-42(54)13-14-43(53)55/h9-12,22-27H,5-8,13-21H2,1-4H3,(H5-,57,58,59,60,61,62,63,64,65,66,67,68,69,70,71,72,73)/p+1. The van der Waals surface area contributed by atoms with Crippen LogP contribution >= 0.6 is 0 Å². The van der Waals surface area contributed by atoms with Crippen molar-refractivity contribution in [3.8, 4) is 0 Å². The van der Waals surface area contributed by atoms with Gasteiger partial charge in [-0.2, -0.15) is 46.7 Å². The van der Waals surface area contributed by atoms with Crippen LogP contribution in [0.15, 0.2) is 103 Å². The Labute approximate surface area is 464 Å². The molecule has 2 unspecified atom stereocenters. The first-order valence-electron chi connectivity index (χ1n) is 24.6. The third-order valence-electron chi connectivity index (χ3n) is 14.7. The number of hydrogen-bond donors (Lipinski definition) is 6. The lowest BCUT2D eigenvalue weighted by Gasteiger charge is -2.32. The molecule has 0 saturated carbocycles. The lowest BCUT2D eigenvalue weighted by molar-refractivity contribution is -0.433. The topological polar surface area (TPSA) is 398 Å². The third kappa shape index (κ3) is 11.6. The van der Waals surface area contributed by atoms with Gasteiger partial charge in [-0.3, -0.25) is 37.1 Å². The minimum atomic E-state index is -5.23. The smallest absolute Gasteiger partial charge is 0.333 e. The third-order valence-corrected chi connectivity index (χ3v) is 19.0. The molecular formula is C50H54N3O23S5+. The molecule has 1 aliphatic carbocycles. The van der Waals surface area contributed by atoms with Crippen molar-refractivity contribution in [3.05, 3.63) is 94.4 Å². The fourth-order valence-corrected chi connectivity index (χ4v) is 14.2. The summed E-state index contributed by atoms with van der Waals surface area (Å²) in [4.78, 5) is 55.4.